The molecule has 6 aliphatic rings. The van der Waals surface area contributed by atoms with E-state index in [9.17, 15) is 19.2 Å². The molecule has 4 saturated heterocycles. The first kappa shape index (κ1) is 18.9. The normalized spacial score (nSPS) is 45.9. The maximum atomic E-state index is 13.0. The zero-order valence-electron chi connectivity index (χ0n) is 17.0. The minimum absolute atomic E-state index is 0.0923. The van der Waals surface area contributed by atoms with Crippen LogP contribution < -0.4 is 0 Å². The highest BCUT2D eigenvalue weighted by atomic mass is 16.6. The van der Waals surface area contributed by atoms with Crippen molar-refractivity contribution < 1.29 is 28.7 Å². The van der Waals surface area contributed by atoms with Crippen molar-refractivity contribution in [2.24, 2.45) is 23.7 Å². The van der Waals surface area contributed by atoms with E-state index in [1.54, 1.807) is 0 Å². The number of carbonyl (C=O) groups excluding carboxylic acids is 4. The SMILES string of the molecule is O=C1[C@@H]2CCCC[C@H]2C(=O)N1[C@@H]1CO[C@@H]2[C@@H]1OC[C@@H]2N1C(=O)[C@H]2CCCC[C@H]2C1=O. The van der Waals surface area contributed by atoms with Gasteiger partial charge in [0.2, 0.25) is 23.6 Å². The molecule has 0 radical (unpaired) electrons. The zero-order valence-corrected chi connectivity index (χ0v) is 17.0. The van der Waals surface area contributed by atoms with Crippen molar-refractivity contribution in [1.29, 1.82) is 0 Å². The maximum Gasteiger partial charge on any atom is 0.233 e. The fourth-order valence-electron chi connectivity index (χ4n) is 6.93. The molecule has 8 nitrogen and oxygen atoms in total. The molecule has 6 rings (SSSR count). The lowest BCUT2D eigenvalue weighted by atomic mass is 9.81. The van der Waals surface area contributed by atoms with Crippen molar-refractivity contribution in [3.63, 3.8) is 0 Å². The van der Waals surface area contributed by atoms with Crippen LogP contribution in [0.1, 0.15) is 51.4 Å². The molecule has 0 aromatic rings. The van der Waals surface area contributed by atoms with Crippen LogP contribution in [-0.4, -0.2) is 70.9 Å². The quantitative estimate of drug-likeness (QED) is 0.620. The van der Waals surface area contributed by atoms with E-state index in [1.165, 1.54) is 9.80 Å². The Labute approximate surface area is 175 Å². The van der Waals surface area contributed by atoms with Crippen molar-refractivity contribution in [3.8, 4) is 0 Å². The first-order valence-electron chi connectivity index (χ1n) is 11.5. The summed E-state index contributed by atoms with van der Waals surface area (Å²) in [5.41, 5.74) is 0. The molecule has 4 aliphatic heterocycles. The summed E-state index contributed by atoms with van der Waals surface area (Å²) in [6.07, 6.45) is 6.11. The topological polar surface area (TPSA) is 93.2 Å². The van der Waals surface area contributed by atoms with E-state index in [4.69, 9.17) is 9.47 Å². The Hall–Kier alpha value is -1.80. The number of carbonyl (C=O) groups is 4. The lowest BCUT2D eigenvalue weighted by Crippen LogP contribution is -2.50. The molecule has 4 amide bonds. The molecule has 2 aliphatic carbocycles. The van der Waals surface area contributed by atoms with Gasteiger partial charge in [0.05, 0.1) is 49.0 Å². The summed E-state index contributed by atoms with van der Waals surface area (Å²) >= 11 is 0. The van der Waals surface area contributed by atoms with Crippen molar-refractivity contribution >= 4 is 23.6 Å². The van der Waals surface area contributed by atoms with Crippen LogP contribution in [0.25, 0.3) is 0 Å². The van der Waals surface area contributed by atoms with Gasteiger partial charge in [-0.05, 0) is 25.7 Å². The number of ether oxygens (including phenoxy) is 2. The van der Waals surface area contributed by atoms with E-state index in [0.29, 0.717) is 0 Å². The lowest BCUT2D eigenvalue weighted by molar-refractivity contribution is -0.145. The second kappa shape index (κ2) is 6.85. The fraction of sp³-hybridized carbons (Fsp3) is 0.818. The molecule has 0 aromatic heterocycles. The van der Waals surface area contributed by atoms with Gasteiger partial charge in [-0.25, -0.2) is 0 Å². The predicted octanol–water partition coefficient (Wildman–Crippen LogP) is 0.872. The minimum Gasteiger partial charge on any atom is -0.371 e. The summed E-state index contributed by atoms with van der Waals surface area (Å²) in [5, 5.41) is 0. The Morgan fingerprint density at radius 2 is 0.833 bits per heavy atom. The molecule has 30 heavy (non-hydrogen) atoms. The number of fused-ring (bicyclic) bond motifs is 3. The van der Waals surface area contributed by atoms with Crippen LogP contribution in [0.15, 0.2) is 0 Å². The molecule has 162 valence electrons. The van der Waals surface area contributed by atoms with E-state index in [-0.39, 0.29) is 60.5 Å². The van der Waals surface area contributed by atoms with Crippen molar-refractivity contribution in [2.75, 3.05) is 13.2 Å². The van der Waals surface area contributed by atoms with Gasteiger partial charge in [-0.3, -0.25) is 29.0 Å². The molecule has 0 spiro atoms. The molecule has 0 bridgehead atoms. The highest BCUT2D eigenvalue weighted by molar-refractivity contribution is 6.06. The van der Waals surface area contributed by atoms with Gasteiger partial charge in [0.25, 0.3) is 0 Å². The van der Waals surface area contributed by atoms with E-state index in [2.05, 4.69) is 0 Å². The van der Waals surface area contributed by atoms with E-state index >= 15 is 0 Å². The van der Waals surface area contributed by atoms with Gasteiger partial charge in [-0.2, -0.15) is 0 Å². The van der Waals surface area contributed by atoms with Crippen LogP contribution in [0.3, 0.4) is 0 Å². The molecule has 6 fully saturated rings. The number of imide groups is 2. The summed E-state index contributed by atoms with van der Waals surface area (Å²) in [6.45, 7) is 0.428. The largest absolute Gasteiger partial charge is 0.371 e. The molecule has 2 saturated carbocycles. The number of hydrogen-bond acceptors (Lipinski definition) is 6. The zero-order chi connectivity index (χ0) is 20.6. The van der Waals surface area contributed by atoms with Gasteiger partial charge in [-0.1, -0.05) is 25.7 Å². The van der Waals surface area contributed by atoms with Gasteiger partial charge >= 0.3 is 0 Å². The summed E-state index contributed by atoms with van der Waals surface area (Å²) in [7, 11) is 0. The third-order valence-corrected chi connectivity index (χ3v) is 8.41. The average molecular weight is 416 g/mol. The van der Waals surface area contributed by atoms with E-state index in [1.807, 2.05) is 0 Å². The Morgan fingerprint density at radius 3 is 1.13 bits per heavy atom. The van der Waals surface area contributed by atoms with Crippen LogP contribution in [0.4, 0.5) is 0 Å². The van der Waals surface area contributed by atoms with Crippen molar-refractivity contribution in [2.45, 2.75) is 75.7 Å². The molecule has 4 heterocycles. The van der Waals surface area contributed by atoms with Crippen LogP contribution >= 0.6 is 0 Å². The highest BCUT2D eigenvalue weighted by Crippen LogP contribution is 2.44. The maximum absolute atomic E-state index is 13.0. The predicted molar refractivity (Wildman–Crippen MR) is 102 cm³/mol. The number of rotatable bonds is 2. The molecule has 0 N–H and O–H groups in total. The van der Waals surface area contributed by atoms with E-state index in [0.717, 1.165) is 51.4 Å². The van der Waals surface area contributed by atoms with Gasteiger partial charge in [0.1, 0.15) is 12.2 Å². The molecule has 0 unspecified atom stereocenters. The second-order valence-corrected chi connectivity index (χ2v) is 9.82. The summed E-state index contributed by atoms with van der Waals surface area (Å²) in [5.74, 6) is -1.18. The second-order valence-electron chi connectivity index (χ2n) is 9.82. The molecule has 8 atom stereocenters. The lowest BCUT2D eigenvalue weighted by Gasteiger charge is -2.26. The Kier molecular flexibility index (Phi) is 4.32. The Balaban J connectivity index is 1.22. The number of amides is 4. The molecule has 8 heteroatoms. The Morgan fingerprint density at radius 1 is 0.533 bits per heavy atom. The molecular formula is C22H28N2O6. The van der Waals surface area contributed by atoms with E-state index < -0.39 is 24.3 Å². The average Bonchev–Trinajstić information content (AvgIpc) is 3.48. The first-order valence-corrected chi connectivity index (χ1v) is 11.5. The third-order valence-electron chi connectivity index (χ3n) is 8.41. The van der Waals surface area contributed by atoms with Crippen LogP contribution in [-0.2, 0) is 28.7 Å². The number of hydrogen-bond donors (Lipinski definition) is 0. The summed E-state index contributed by atoms with van der Waals surface area (Å²) < 4.78 is 12.0. The van der Waals surface area contributed by atoms with Crippen molar-refractivity contribution in [3.05, 3.63) is 0 Å². The van der Waals surface area contributed by atoms with Gasteiger partial charge in [0, 0.05) is 0 Å². The minimum atomic E-state index is -0.466. The fourth-order valence-corrected chi connectivity index (χ4v) is 6.93. The monoisotopic (exact) mass is 416 g/mol. The van der Waals surface area contributed by atoms with Gasteiger partial charge in [0.15, 0.2) is 0 Å². The van der Waals surface area contributed by atoms with Gasteiger partial charge in [-0.15, -0.1) is 0 Å². The molecular weight excluding hydrogens is 388 g/mol. The first-order chi connectivity index (χ1) is 14.6. The third kappa shape index (κ3) is 2.46. The summed E-state index contributed by atoms with van der Waals surface area (Å²) in [4.78, 5) is 54.9. The van der Waals surface area contributed by atoms with Crippen molar-refractivity contribution in [1.82, 2.24) is 9.80 Å². The van der Waals surface area contributed by atoms with Crippen LogP contribution in [0.5, 0.6) is 0 Å². The standard InChI is InChI=1S/C22H28N2O6/c25-19-11-5-1-2-6-12(11)20(26)23(19)15-9-29-18-16(10-30-17(15)18)24-21(27)13-7-3-4-8-14(13)22(24)28/h11-18H,1-10H2/t11-,12-,13-,14+,15-,16+,17-,18+/m1/s1. The number of likely N-dealkylation sites (tertiary alicyclic amines) is 2. The van der Waals surface area contributed by atoms with Crippen LogP contribution in [0, 0.1) is 23.7 Å². The molecule has 0 aromatic carbocycles. The van der Waals surface area contributed by atoms with Gasteiger partial charge < -0.3 is 9.47 Å². The number of nitrogens with zero attached hydrogens (tertiary/aromatic N) is 2. The van der Waals surface area contributed by atoms with Crippen LogP contribution in [0.2, 0.25) is 0 Å². The summed E-state index contributed by atoms with van der Waals surface area (Å²) in [6, 6.07) is -0.915. The Bertz CT molecular complexity index is 699. The highest BCUT2D eigenvalue weighted by Gasteiger charge is 2.61. The smallest absolute Gasteiger partial charge is 0.233 e.